The summed E-state index contributed by atoms with van der Waals surface area (Å²) in [5.41, 5.74) is 2.10. The Morgan fingerprint density at radius 3 is 1.94 bits per heavy atom. The Hall–Kier alpha value is -2.57. The highest BCUT2D eigenvalue weighted by molar-refractivity contribution is 5.92. The van der Waals surface area contributed by atoms with Crippen LogP contribution in [0, 0.1) is 13.8 Å². The maximum atomic E-state index is 13.6. The van der Waals surface area contributed by atoms with E-state index in [2.05, 4.69) is 10.6 Å². The highest BCUT2D eigenvalue weighted by Gasteiger charge is 2.37. The molecule has 7 nitrogen and oxygen atoms in total. The highest BCUT2D eigenvalue weighted by Crippen LogP contribution is 2.28. The molecule has 2 N–H and O–H groups in total. The summed E-state index contributed by atoms with van der Waals surface area (Å²) in [4.78, 5) is 40.8. The molecule has 0 aromatic heterocycles. The Balaban J connectivity index is 3.41. The molecule has 0 bridgehead atoms. The van der Waals surface area contributed by atoms with Gasteiger partial charge in [-0.2, -0.15) is 0 Å². The first-order valence-electron chi connectivity index (χ1n) is 11.4. The smallest absolute Gasteiger partial charge is 0.408 e. The van der Waals surface area contributed by atoms with Gasteiger partial charge in [-0.3, -0.25) is 9.59 Å². The molecule has 0 heterocycles. The Morgan fingerprint density at radius 2 is 1.50 bits per heavy atom. The molecule has 1 rings (SSSR count). The minimum atomic E-state index is -0.862. The maximum Gasteiger partial charge on any atom is 0.408 e. The van der Waals surface area contributed by atoms with Gasteiger partial charge in [0.2, 0.25) is 11.8 Å². The molecule has 0 aliphatic rings. The number of aryl methyl sites for hydroxylation is 2. The van der Waals surface area contributed by atoms with E-state index in [1.54, 1.807) is 32.6 Å². The van der Waals surface area contributed by atoms with Gasteiger partial charge in [-0.15, -0.1) is 0 Å². The molecular weight excluding hydrogens is 406 g/mol. The lowest BCUT2D eigenvalue weighted by atomic mass is 9.96. The molecule has 3 atom stereocenters. The lowest BCUT2D eigenvalue weighted by Gasteiger charge is -2.38. The van der Waals surface area contributed by atoms with Gasteiger partial charge in [0.1, 0.15) is 17.7 Å². The Labute approximate surface area is 193 Å². The standard InChI is InChI=1S/C25H41N3O4/c1-11-18(6)28(23(30)19(7)27-24(31)32-25(8,9)10)21(22(29)26-15(2)3)20-13-16(4)12-17(5)14-20/h12-15,18-19,21H,11H2,1-10H3,(H,26,29)(H,27,31). The number of hydrogen-bond acceptors (Lipinski definition) is 4. The fraction of sp³-hybridized carbons (Fsp3) is 0.640. The number of benzene rings is 1. The summed E-state index contributed by atoms with van der Waals surface area (Å²) in [6.45, 7) is 18.5. The lowest BCUT2D eigenvalue weighted by molar-refractivity contribution is -0.145. The predicted octanol–water partition coefficient (Wildman–Crippen LogP) is 4.41. The van der Waals surface area contributed by atoms with Gasteiger partial charge in [-0.1, -0.05) is 36.2 Å². The molecule has 1 aromatic rings. The molecule has 32 heavy (non-hydrogen) atoms. The van der Waals surface area contributed by atoms with Gasteiger partial charge >= 0.3 is 6.09 Å². The summed E-state index contributed by atoms with van der Waals surface area (Å²) >= 11 is 0. The Kier molecular flexibility index (Phi) is 9.73. The van der Waals surface area contributed by atoms with Crippen LogP contribution in [0.1, 0.15) is 84.5 Å². The topological polar surface area (TPSA) is 87.7 Å². The lowest BCUT2D eigenvalue weighted by Crippen LogP contribution is -2.55. The van der Waals surface area contributed by atoms with Crippen molar-refractivity contribution >= 4 is 17.9 Å². The SMILES string of the molecule is CCC(C)N(C(=O)C(C)NC(=O)OC(C)(C)C)C(C(=O)NC(C)C)c1cc(C)cc(C)c1. The van der Waals surface area contributed by atoms with E-state index < -0.39 is 23.8 Å². The number of ether oxygens (including phenoxy) is 1. The third kappa shape index (κ3) is 8.17. The van der Waals surface area contributed by atoms with Crippen molar-refractivity contribution < 1.29 is 19.1 Å². The van der Waals surface area contributed by atoms with E-state index in [1.165, 1.54) is 0 Å². The summed E-state index contributed by atoms with van der Waals surface area (Å²) in [5, 5.41) is 5.58. The molecule has 3 unspecified atom stereocenters. The van der Waals surface area contributed by atoms with Crippen molar-refractivity contribution in [2.45, 2.75) is 105 Å². The minimum Gasteiger partial charge on any atom is -0.444 e. The fourth-order valence-corrected chi connectivity index (χ4v) is 3.53. The van der Waals surface area contributed by atoms with Crippen molar-refractivity contribution in [3.05, 3.63) is 34.9 Å². The van der Waals surface area contributed by atoms with E-state index in [0.717, 1.165) is 16.7 Å². The van der Waals surface area contributed by atoms with Gasteiger partial charge in [-0.05, 0) is 74.3 Å². The molecule has 0 radical (unpaired) electrons. The molecule has 1 aromatic carbocycles. The van der Waals surface area contributed by atoms with Gasteiger partial charge < -0.3 is 20.3 Å². The normalized spacial score (nSPS) is 14.3. The predicted molar refractivity (Wildman–Crippen MR) is 127 cm³/mol. The molecule has 0 spiro atoms. The van der Waals surface area contributed by atoms with Crippen molar-refractivity contribution in [2.24, 2.45) is 0 Å². The van der Waals surface area contributed by atoms with Crippen molar-refractivity contribution in [3.8, 4) is 0 Å². The van der Waals surface area contributed by atoms with Crippen LogP contribution in [0.25, 0.3) is 0 Å². The van der Waals surface area contributed by atoms with Gasteiger partial charge in [0, 0.05) is 12.1 Å². The van der Waals surface area contributed by atoms with Crippen LogP contribution in [-0.4, -0.2) is 46.5 Å². The van der Waals surface area contributed by atoms with Gasteiger partial charge in [0.05, 0.1) is 0 Å². The highest BCUT2D eigenvalue weighted by atomic mass is 16.6. The summed E-state index contributed by atoms with van der Waals surface area (Å²) < 4.78 is 5.30. The van der Waals surface area contributed by atoms with Crippen molar-refractivity contribution in [2.75, 3.05) is 0 Å². The van der Waals surface area contributed by atoms with E-state index in [9.17, 15) is 14.4 Å². The minimum absolute atomic E-state index is 0.0814. The van der Waals surface area contributed by atoms with Gasteiger partial charge in [-0.25, -0.2) is 4.79 Å². The molecule has 180 valence electrons. The molecule has 0 aliphatic heterocycles. The average Bonchev–Trinajstić information content (AvgIpc) is 2.61. The monoisotopic (exact) mass is 447 g/mol. The van der Waals surface area contributed by atoms with Gasteiger partial charge in [0.25, 0.3) is 0 Å². The van der Waals surface area contributed by atoms with E-state index in [-0.39, 0.29) is 23.9 Å². The third-order valence-corrected chi connectivity index (χ3v) is 4.94. The average molecular weight is 448 g/mol. The van der Waals surface area contributed by atoms with E-state index in [0.29, 0.717) is 6.42 Å². The number of amides is 3. The molecule has 0 saturated heterocycles. The first kappa shape index (κ1) is 27.5. The summed E-state index contributed by atoms with van der Waals surface area (Å²) in [6, 6.07) is 3.91. The zero-order valence-electron chi connectivity index (χ0n) is 21.3. The first-order chi connectivity index (χ1) is 14.7. The Morgan fingerprint density at radius 1 is 0.969 bits per heavy atom. The van der Waals surface area contributed by atoms with Crippen molar-refractivity contribution in [1.29, 1.82) is 0 Å². The van der Waals surface area contributed by atoms with E-state index in [1.807, 2.05) is 59.7 Å². The van der Waals surface area contributed by atoms with Crippen molar-refractivity contribution in [1.82, 2.24) is 15.5 Å². The van der Waals surface area contributed by atoms with E-state index >= 15 is 0 Å². The van der Waals surface area contributed by atoms with Crippen LogP contribution in [0.2, 0.25) is 0 Å². The largest absolute Gasteiger partial charge is 0.444 e. The molecule has 3 amide bonds. The number of rotatable bonds is 8. The zero-order valence-corrected chi connectivity index (χ0v) is 21.3. The second-order valence-corrected chi connectivity index (χ2v) is 9.86. The molecule has 0 fully saturated rings. The quantitative estimate of drug-likeness (QED) is 0.618. The summed E-state index contributed by atoms with van der Waals surface area (Å²) in [5.74, 6) is -0.587. The second-order valence-electron chi connectivity index (χ2n) is 9.86. The number of alkyl carbamates (subject to hydrolysis) is 1. The van der Waals surface area contributed by atoms with Crippen LogP contribution in [-0.2, 0) is 14.3 Å². The van der Waals surface area contributed by atoms with Crippen LogP contribution in [0.3, 0.4) is 0 Å². The number of carbonyl (C=O) groups is 3. The van der Waals surface area contributed by atoms with Gasteiger partial charge in [0.15, 0.2) is 0 Å². The zero-order chi connectivity index (χ0) is 24.8. The maximum absolute atomic E-state index is 13.6. The first-order valence-corrected chi connectivity index (χ1v) is 11.4. The van der Waals surface area contributed by atoms with Crippen LogP contribution < -0.4 is 10.6 Å². The third-order valence-electron chi connectivity index (χ3n) is 4.94. The molecule has 7 heteroatoms. The van der Waals surface area contributed by atoms with Crippen LogP contribution in [0.5, 0.6) is 0 Å². The number of hydrogen-bond donors (Lipinski definition) is 2. The number of carbonyl (C=O) groups excluding carboxylic acids is 3. The number of nitrogens with zero attached hydrogens (tertiary/aromatic N) is 1. The summed E-state index contributed by atoms with van der Waals surface area (Å²) in [7, 11) is 0. The van der Waals surface area contributed by atoms with Crippen LogP contribution >= 0.6 is 0 Å². The van der Waals surface area contributed by atoms with Crippen LogP contribution in [0.4, 0.5) is 4.79 Å². The summed E-state index contributed by atoms with van der Waals surface area (Å²) in [6.07, 6.45) is -0.0155. The fourth-order valence-electron chi connectivity index (χ4n) is 3.53. The molecule has 0 saturated carbocycles. The molecular formula is C25H41N3O4. The second kappa shape index (κ2) is 11.3. The molecule has 0 aliphatic carbocycles. The van der Waals surface area contributed by atoms with E-state index in [4.69, 9.17) is 4.74 Å². The van der Waals surface area contributed by atoms with Crippen molar-refractivity contribution in [3.63, 3.8) is 0 Å². The van der Waals surface area contributed by atoms with Crippen LogP contribution in [0.15, 0.2) is 18.2 Å². The number of nitrogens with one attached hydrogen (secondary N) is 2. The Bertz CT molecular complexity index is 794.